The molecule has 5 nitrogen and oxygen atoms in total. The summed E-state index contributed by atoms with van der Waals surface area (Å²) in [7, 11) is 0. The largest absolute Gasteiger partial charge is 0.346 e. The summed E-state index contributed by atoms with van der Waals surface area (Å²) in [6.45, 7) is 4.13. The number of nitriles is 1. The van der Waals surface area contributed by atoms with Crippen molar-refractivity contribution in [1.82, 2.24) is 14.5 Å². The number of hydrogen-bond donors (Lipinski definition) is 1. The molecule has 2 aromatic heterocycles. The predicted octanol–water partition coefficient (Wildman–Crippen LogP) is 4.39. The van der Waals surface area contributed by atoms with Gasteiger partial charge in [0.25, 0.3) is 5.56 Å². The summed E-state index contributed by atoms with van der Waals surface area (Å²) in [5.74, 6) is 0.253. The quantitative estimate of drug-likeness (QED) is 0.700. The van der Waals surface area contributed by atoms with Crippen LogP contribution in [0.5, 0.6) is 0 Å². The monoisotopic (exact) mass is 364 g/mol. The first kappa shape index (κ1) is 16.6. The van der Waals surface area contributed by atoms with E-state index < -0.39 is 0 Å². The van der Waals surface area contributed by atoms with Gasteiger partial charge in [-0.15, -0.1) is 0 Å². The van der Waals surface area contributed by atoms with Gasteiger partial charge in [-0.05, 0) is 62.6 Å². The van der Waals surface area contributed by atoms with E-state index in [1.54, 1.807) is 24.3 Å². The van der Waals surface area contributed by atoms with Gasteiger partial charge in [0.2, 0.25) is 0 Å². The number of aromatic nitrogens is 3. The number of aromatic amines is 1. The number of rotatable bonds is 3. The van der Waals surface area contributed by atoms with Crippen molar-refractivity contribution in [3.8, 4) is 6.07 Å². The highest BCUT2D eigenvalue weighted by molar-refractivity contribution is 6.31. The molecule has 0 spiro atoms. The van der Waals surface area contributed by atoms with Crippen molar-refractivity contribution < 1.29 is 0 Å². The van der Waals surface area contributed by atoms with Crippen LogP contribution in [0.2, 0.25) is 5.02 Å². The lowest BCUT2D eigenvalue weighted by molar-refractivity contribution is 0.699. The highest BCUT2D eigenvalue weighted by Crippen LogP contribution is 2.38. The molecule has 1 aromatic carbocycles. The van der Waals surface area contributed by atoms with Crippen LogP contribution in [0, 0.1) is 25.2 Å². The number of hydrogen-bond acceptors (Lipinski definition) is 3. The fourth-order valence-corrected chi connectivity index (χ4v) is 3.56. The number of H-pyrrole nitrogens is 1. The van der Waals surface area contributed by atoms with Crippen LogP contribution in [-0.2, 0) is 0 Å². The van der Waals surface area contributed by atoms with Gasteiger partial charge in [0.15, 0.2) is 5.82 Å². The first-order chi connectivity index (χ1) is 12.5. The van der Waals surface area contributed by atoms with E-state index >= 15 is 0 Å². The van der Waals surface area contributed by atoms with Gasteiger partial charge in [0.1, 0.15) is 6.07 Å². The minimum absolute atomic E-state index is 0.253. The molecule has 6 heteroatoms. The topological polar surface area (TPSA) is 74.5 Å². The van der Waals surface area contributed by atoms with Crippen molar-refractivity contribution in [1.29, 1.82) is 5.26 Å². The van der Waals surface area contributed by atoms with Crippen LogP contribution in [0.1, 0.15) is 41.7 Å². The lowest BCUT2D eigenvalue weighted by Gasteiger charge is -2.07. The van der Waals surface area contributed by atoms with Crippen molar-refractivity contribution in [2.45, 2.75) is 32.7 Å². The van der Waals surface area contributed by atoms with Gasteiger partial charge in [0.05, 0.1) is 16.5 Å². The summed E-state index contributed by atoms with van der Waals surface area (Å²) < 4.78 is 2.32. The molecule has 0 atom stereocenters. The molecule has 0 aliphatic heterocycles. The summed E-state index contributed by atoms with van der Waals surface area (Å²) in [5.41, 5.74) is 3.79. The van der Waals surface area contributed by atoms with Crippen LogP contribution in [0.3, 0.4) is 0 Å². The molecule has 26 heavy (non-hydrogen) atoms. The Morgan fingerprint density at radius 3 is 2.85 bits per heavy atom. The van der Waals surface area contributed by atoms with Gasteiger partial charge in [-0.1, -0.05) is 11.6 Å². The average molecular weight is 365 g/mol. The molecule has 130 valence electrons. The second-order valence-corrected chi connectivity index (χ2v) is 7.11. The van der Waals surface area contributed by atoms with Crippen LogP contribution in [0.4, 0.5) is 0 Å². The zero-order valence-electron chi connectivity index (χ0n) is 14.5. The summed E-state index contributed by atoms with van der Waals surface area (Å²) >= 11 is 6.01. The van der Waals surface area contributed by atoms with E-state index in [2.05, 4.69) is 40.5 Å². The predicted molar refractivity (Wildman–Crippen MR) is 103 cm³/mol. The van der Waals surface area contributed by atoms with Crippen molar-refractivity contribution >= 4 is 34.2 Å². The molecule has 1 aliphatic carbocycles. The van der Waals surface area contributed by atoms with Crippen molar-refractivity contribution in [2.24, 2.45) is 0 Å². The van der Waals surface area contributed by atoms with E-state index in [4.69, 9.17) is 11.6 Å². The summed E-state index contributed by atoms with van der Waals surface area (Å²) in [6.07, 6.45) is 4.19. The van der Waals surface area contributed by atoms with Crippen molar-refractivity contribution in [2.75, 3.05) is 0 Å². The minimum Gasteiger partial charge on any atom is -0.346 e. The Hall–Kier alpha value is -2.84. The third-order valence-corrected chi connectivity index (χ3v) is 5.01. The molecule has 0 amide bonds. The average Bonchev–Trinajstić information content (AvgIpc) is 3.38. The first-order valence-corrected chi connectivity index (χ1v) is 8.86. The molecule has 0 unspecified atom stereocenters. The van der Waals surface area contributed by atoms with E-state index in [1.165, 1.54) is 18.5 Å². The Morgan fingerprint density at radius 2 is 2.15 bits per heavy atom. The Morgan fingerprint density at radius 1 is 1.38 bits per heavy atom. The molecule has 3 aromatic rings. The molecule has 0 saturated heterocycles. The van der Waals surface area contributed by atoms with Crippen molar-refractivity contribution in [3.63, 3.8) is 0 Å². The molecule has 0 bridgehead atoms. The maximum Gasteiger partial charge on any atom is 0.259 e. The molecule has 1 aliphatic rings. The zero-order valence-corrected chi connectivity index (χ0v) is 15.3. The van der Waals surface area contributed by atoms with E-state index in [-0.39, 0.29) is 11.4 Å². The smallest absolute Gasteiger partial charge is 0.259 e. The first-order valence-electron chi connectivity index (χ1n) is 8.48. The lowest BCUT2D eigenvalue weighted by Crippen LogP contribution is -2.11. The van der Waals surface area contributed by atoms with Crippen LogP contribution >= 0.6 is 11.6 Å². The normalized spacial score (nSPS) is 14.6. The standard InChI is InChI=1S/C20H17ClN4O/c1-11-7-13(12(2)25(11)16-4-5-16)8-14(10-22)19-23-18-9-15(21)3-6-17(18)20(26)24-19/h3,6-9,16H,4-5H2,1-2H3,(H,23,24,26). The number of aryl methyl sites for hydroxylation is 1. The second kappa shape index (κ2) is 6.15. The number of benzene rings is 1. The molecule has 4 rings (SSSR count). The highest BCUT2D eigenvalue weighted by atomic mass is 35.5. The van der Waals surface area contributed by atoms with Gasteiger partial charge in [-0.25, -0.2) is 4.98 Å². The number of allylic oxidation sites excluding steroid dienone is 1. The number of fused-ring (bicyclic) bond motifs is 1. The molecular weight excluding hydrogens is 348 g/mol. The Kier molecular flexibility index (Phi) is 3.93. The third-order valence-electron chi connectivity index (χ3n) is 4.78. The Bertz CT molecular complexity index is 1160. The number of halogens is 1. The maximum absolute atomic E-state index is 12.3. The van der Waals surface area contributed by atoms with Crippen LogP contribution in [0.25, 0.3) is 22.6 Å². The van der Waals surface area contributed by atoms with Gasteiger partial charge in [-0.3, -0.25) is 4.79 Å². The summed E-state index contributed by atoms with van der Waals surface area (Å²) in [6, 6.07) is 9.71. The molecule has 1 saturated carbocycles. The van der Waals surface area contributed by atoms with Crippen LogP contribution < -0.4 is 5.56 Å². The fourth-order valence-electron chi connectivity index (χ4n) is 3.39. The molecule has 1 fully saturated rings. The van der Waals surface area contributed by atoms with Gasteiger partial charge in [-0.2, -0.15) is 5.26 Å². The van der Waals surface area contributed by atoms with Crippen LogP contribution in [-0.4, -0.2) is 14.5 Å². The summed E-state index contributed by atoms with van der Waals surface area (Å²) in [5, 5.41) is 10.6. The Balaban J connectivity index is 1.84. The molecule has 2 heterocycles. The second-order valence-electron chi connectivity index (χ2n) is 6.67. The molecule has 1 N–H and O–H groups in total. The summed E-state index contributed by atoms with van der Waals surface area (Å²) in [4.78, 5) is 19.5. The van der Waals surface area contributed by atoms with Gasteiger partial charge < -0.3 is 9.55 Å². The molecule has 0 radical (unpaired) electrons. The van der Waals surface area contributed by atoms with Crippen molar-refractivity contribution in [3.05, 3.63) is 62.4 Å². The fraction of sp³-hybridized carbons (Fsp3) is 0.250. The van der Waals surface area contributed by atoms with E-state index in [0.29, 0.717) is 27.5 Å². The molecular formula is C20H17ClN4O. The van der Waals surface area contributed by atoms with E-state index in [0.717, 1.165) is 11.3 Å². The van der Waals surface area contributed by atoms with Gasteiger partial charge in [0, 0.05) is 22.5 Å². The number of nitrogens with one attached hydrogen (secondary N) is 1. The van der Waals surface area contributed by atoms with Gasteiger partial charge >= 0.3 is 0 Å². The maximum atomic E-state index is 12.3. The zero-order chi connectivity index (χ0) is 18.4. The Labute approximate surface area is 155 Å². The SMILES string of the molecule is Cc1cc(C=C(C#N)c2nc3cc(Cl)ccc3c(=O)[nH]2)c(C)n1C1CC1. The number of nitrogens with zero attached hydrogens (tertiary/aromatic N) is 3. The minimum atomic E-state index is -0.286. The lowest BCUT2D eigenvalue weighted by atomic mass is 10.1. The van der Waals surface area contributed by atoms with Crippen LogP contribution in [0.15, 0.2) is 29.1 Å². The highest BCUT2D eigenvalue weighted by Gasteiger charge is 2.26. The third kappa shape index (κ3) is 2.83. The van der Waals surface area contributed by atoms with E-state index in [1.807, 2.05) is 0 Å². The van der Waals surface area contributed by atoms with E-state index in [9.17, 15) is 10.1 Å².